The molecule has 0 saturated carbocycles. The number of rotatable bonds is 5. The molecule has 0 bridgehead atoms. The van der Waals surface area contributed by atoms with Gasteiger partial charge in [-0.3, -0.25) is 4.90 Å². The molecule has 0 radical (unpaired) electrons. The first kappa shape index (κ1) is 18.9. The second kappa shape index (κ2) is 7.37. The molecule has 144 valence electrons. The highest BCUT2D eigenvalue weighted by Crippen LogP contribution is 2.30. The van der Waals surface area contributed by atoms with Gasteiger partial charge in [-0.15, -0.1) is 0 Å². The van der Waals surface area contributed by atoms with Gasteiger partial charge in [0.1, 0.15) is 11.6 Å². The lowest BCUT2D eigenvalue weighted by atomic mass is 10.2. The Balaban J connectivity index is 1.72. The number of anilines is 1. The van der Waals surface area contributed by atoms with Crippen molar-refractivity contribution >= 4 is 11.8 Å². The first-order valence-corrected chi connectivity index (χ1v) is 7.88. The van der Waals surface area contributed by atoms with Gasteiger partial charge in [-0.1, -0.05) is 18.2 Å². The molecule has 27 heavy (non-hydrogen) atoms. The van der Waals surface area contributed by atoms with Crippen LogP contribution in [-0.4, -0.2) is 35.6 Å². The quantitative estimate of drug-likeness (QED) is 0.725. The number of benzene rings is 1. The highest BCUT2D eigenvalue weighted by molar-refractivity contribution is 5.93. The zero-order valence-corrected chi connectivity index (χ0v) is 13.8. The maximum absolute atomic E-state index is 12.6. The van der Waals surface area contributed by atoms with Crippen molar-refractivity contribution in [2.24, 2.45) is 0 Å². The normalized spacial score (nSPS) is 15.0. The first-order chi connectivity index (χ1) is 12.8. The van der Waals surface area contributed by atoms with Crippen molar-refractivity contribution in [3.05, 3.63) is 53.7 Å². The second-order valence-corrected chi connectivity index (χ2v) is 5.74. The maximum Gasteiger partial charge on any atom is 0.417 e. The summed E-state index contributed by atoms with van der Waals surface area (Å²) in [5, 5.41) is 0. The summed E-state index contributed by atoms with van der Waals surface area (Å²) in [6.07, 6.45) is -3.85. The number of aromatic nitrogens is 1. The SMILES string of the molecule is O=C1N(Cc2ccccc2OC(F)F)CCN1c1ccc(C(F)(F)F)cn1. The van der Waals surface area contributed by atoms with Gasteiger partial charge in [0.15, 0.2) is 0 Å². The van der Waals surface area contributed by atoms with Gasteiger partial charge in [-0.2, -0.15) is 22.0 Å². The molecule has 1 aliphatic rings. The standard InChI is InChI=1S/C17H14F5N3O2/c18-15(19)27-13-4-2-1-3-11(13)10-24-7-8-25(16(24)26)14-6-5-12(9-23-14)17(20,21)22/h1-6,9,15H,7-8,10H2. The highest BCUT2D eigenvalue weighted by Gasteiger charge is 2.33. The molecule has 1 saturated heterocycles. The molecule has 1 aromatic carbocycles. The van der Waals surface area contributed by atoms with E-state index in [9.17, 15) is 26.7 Å². The smallest absolute Gasteiger partial charge is 0.417 e. The zero-order chi connectivity index (χ0) is 19.6. The Kier molecular flexibility index (Phi) is 5.15. The van der Waals surface area contributed by atoms with Gasteiger partial charge in [0.2, 0.25) is 0 Å². The average molecular weight is 387 g/mol. The summed E-state index contributed by atoms with van der Waals surface area (Å²) in [5.41, 5.74) is -0.513. The summed E-state index contributed by atoms with van der Waals surface area (Å²) < 4.78 is 67.3. The molecule has 5 nitrogen and oxygen atoms in total. The van der Waals surface area contributed by atoms with Crippen molar-refractivity contribution in [3.63, 3.8) is 0 Å². The lowest BCUT2D eigenvalue weighted by Gasteiger charge is -2.19. The minimum Gasteiger partial charge on any atom is -0.434 e. The van der Waals surface area contributed by atoms with Crippen LogP contribution in [0.15, 0.2) is 42.6 Å². The van der Waals surface area contributed by atoms with Crippen molar-refractivity contribution < 1.29 is 31.5 Å². The second-order valence-electron chi connectivity index (χ2n) is 5.74. The van der Waals surface area contributed by atoms with Crippen LogP contribution in [0, 0.1) is 0 Å². The van der Waals surface area contributed by atoms with E-state index < -0.39 is 24.4 Å². The van der Waals surface area contributed by atoms with Gasteiger partial charge in [0.05, 0.1) is 12.1 Å². The van der Waals surface area contributed by atoms with Crippen molar-refractivity contribution in [1.82, 2.24) is 9.88 Å². The van der Waals surface area contributed by atoms with E-state index in [0.29, 0.717) is 11.8 Å². The first-order valence-electron chi connectivity index (χ1n) is 7.88. The number of alkyl halides is 5. The predicted molar refractivity (Wildman–Crippen MR) is 85.5 cm³/mol. The number of amides is 2. The number of urea groups is 1. The molecular formula is C17H14F5N3O2. The van der Waals surface area contributed by atoms with Crippen molar-refractivity contribution in [2.45, 2.75) is 19.3 Å². The maximum atomic E-state index is 12.6. The van der Waals surface area contributed by atoms with Crippen molar-refractivity contribution in [1.29, 1.82) is 0 Å². The average Bonchev–Trinajstić information content (AvgIpc) is 2.96. The summed E-state index contributed by atoms with van der Waals surface area (Å²) in [4.78, 5) is 18.9. The van der Waals surface area contributed by atoms with E-state index in [2.05, 4.69) is 9.72 Å². The fourth-order valence-corrected chi connectivity index (χ4v) is 2.71. The van der Waals surface area contributed by atoms with Gasteiger partial charge < -0.3 is 9.64 Å². The van der Waals surface area contributed by atoms with Crippen LogP contribution in [0.4, 0.5) is 32.6 Å². The summed E-state index contributed by atoms with van der Waals surface area (Å²) in [6.45, 7) is -2.48. The molecule has 0 aliphatic carbocycles. The van der Waals surface area contributed by atoms with E-state index >= 15 is 0 Å². The van der Waals surface area contributed by atoms with Crippen LogP contribution >= 0.6 is 0 Å². The number of carbonyl (C=O) groups is 1. The van der Waals surface area contributed by atoms with Gasteiger partial charge >= 0.3 is 18.8 Å². The third-order valence-electron chi connectivity index (χ3n) is 4.00. The number of para-hydroxylation sites is 1. The minimum atomic E-state index is -4.51. The molecule has 1 fully saturated rings. The Labute approximate surface area is 151 Å². The Morgan fingerprint density at radius 3 is 2.48 bits per heavy atom. The molecule has 0 unspecified atom stereocenters. The molecule has 10 heteroatoms. The number of hydrogen-bond donors (Lipinski definition) is 0. The molecule has 0 N–H and O–H groups in total. The van der Waals surface area contributed by atoms with E-state index in [0.717, 1.165) is 12.1 Å². The lowest BCUT2D eigenvalue weighted by Crippen LogP contribution is -2.32. The van der Waals surface area contributed by atoms with E-state index in [1.54, 1.807) is 12.1 Å². The van der Waals surface area contributed by atoms with Gasteiger partial charge in [-0.05, 0) is 18.2 Å². The zero-order valence-electron chi connectivity index (χ0n) is 13.8. The summed E-state index contributed by atoms with van der Waals surface area (Å²) >= 11 is 0. The van der Waals surface area contributed by atoms with Crippen LogP contribution in [0.3, 0.4) is 0 Å². The molecular weight excluding hydrogens is 373 g/mol. The molecule has 3 rings (SSSR count). The van der Waals surface area contributed by atoms with Crippen molar-refractivity contribution in [3.8, 4) is 5.75 Å². The van der Waals surface area contributed by atoms with E-state index in [1.165, 1.54) is 21.9 Å². The third-order valence-corrected chi connectivity index (χ3v) is 4.00. The topological polar surface area (TPSA) is 45.7 Å². The Bertz CT molecular complexity index is 811. The van der Waals surface area contributed by atoms with Gasteiger partial charge in [-0.25, -0.2) is 9.78 Å². The summed E-state index contributed by atoms with van der Waals surface area (Å²) in [5.74, 6) is 0.0546. The molecule has 2 heterocycles. The molecule has 1 aliphatic heterocycles. The van der Waals surface area contributed by atoms with Crippen LogP contribution in [0.5, 0.6) is 5.75 Å². The number of pyridine rings is 1. The fourth-order valence-electron chi connectivity index (χ4n) is 2.71. The van der Waals surface area contributed by atoms with Crippen molar-refractivity contribution in [2.75, 3.05) is 18.0 Å². The molecule has 1 aromatic heterocycles. The van der Waals surface area contributed by atoms with Gasteiger partial charge in [0.25, 0.3) is 0 Å². The molecule has 2 aromatic rings. The third kappa shape index (κ3) is 4.26. The lowest BCUT2D eigenvalue weighted by molar-refractivity contribution is -0.137. The molecule has 0 atom stereocenters. The highest BCUT2D eigenvalue weighted by atomic mass is 19.4. The van der Waals surface area contributed by atoms with Crippen LogP contribution in [-0.2, 0) is 12.7 Å². The number of halogens is 5. The van der Waals surface area contributed by atoms with E-state index in [4.69, 9.17) is 0 Å². The minimum absolute atomic E-state index is 0.0266. The fraction of sp³-hybridized carbons (Fsp3) is 0.294. The van der Waals surface area contributed by atoms with E-state index in [-0.39, 0.29) is 31.2 Å². The van der Waals surface area contributed by atoms with Crippen LogP contribution in [0.25, 0.3) is 0 Å². The monoisotopic (exact) mass is 387 g/mol. The van der Waals surface area contributed by atoms with Crippen LogP contribution in [0.2, 0.25) is 0 Å². The number of nitrogens with zero attached hydrogens (tertiary/aromatic N) is 3. The molecule has 2 amide bonds. The Hall–Kier alpha value is -2.91. The number of hydrogen-bond acceptors (Lipinski definition) is 3. The predicted octanol–water partition coefficient (Wildman–Crippen LogP) is 4.14. The Morgan fingerprint density at radius 1 is 1.11 bits per heavy atom. The van der Waals surface area contributed by atoms with Gasteiger partial charge in [0, 0.05) is 24.8 Å². The van der Waals surface area contributed by atoms with Crippen LogP contribution in [0.1, 0.15) is 11.1 Å². The largest absolute Gasteiger partial charge is 0.434 e. The number of carbonyl (C=O) groups excluding carboxylic acids is 1. The summed E-state index contributed by atoms with van der Waals surface area (Å²) in [6, 6.07) is 7.59. The molecule has 0 spiro atoms. The van der Waals surface area contributed by atoms with E-state index in [1.807, 2.05) is 0 Å². The van der Waals surface area contributed by atoms with Crippen LogP contribution < -0.4 is 9.64 Å². The Morgan fingerprint density at radius 2 is 1.85 bits per heavy atom. The summed E-state index contributed by atoms with van der Waals surface area (Å²) in [7, 11) is 0. The number of ether oxygens (including phenoxy) is 1.